The van der Waals surface area contributed by atoms with Gasteiger partial charge in [0.2, 0.25) is 5.91 Å². The number of nitrogens with zero attached hydrogens (tertiary/aromatic N) is 2. The lowest BCUT2D eigenvalue weighted by molar-refractivity contribution is -0.120. The summed E-state index contributed by atoms with van der Waals surface area (Å²) in [5.74, 6) is -0.0177. The fraction of sp³-hybridized carbons (Fsp3) is 0.400. The maximum Gasteiger partial charge on any atom is 0.224 e. The molecule has 27 heavy (non-hydrogen) atoms. The number of hydrogen-bond acceptors (Lipinski definition) is 4. The molecule has 144 valence electrons. The third-order valence-electron chi connectivity index (χ3n) is 4.89. The number of aryl methyl sites for hydroxylation is 2. The zero-order valence-electron chi connectivity index (χ0n) is 15.5. The number of hydrogen-bond donors (Lipinski definition) is 2. The minimum atomic E-state index is -0.0177. The summed E-state index contributed by atoms with van der Waals surface area (Å²) in [6.45, 7) is 5.36. The lowest BCUT2D eigenvalue weighted by Crippen LogP contribution is -2.24. The van der Waals surface area contributed by atoms with Crippen LogP contribution in [0.5, 0.6) is 0 Å². The highest BCUT2D eigenvalue weighted by molar-refractivity contribution is 5.88. The molecule has 0 radical (unpaired) electrons. The fourth-order valence-electron chi connectivity index (χ4n) is 3.42. The van der Waals surface area contributed by atoms with E-state index in [0.717, 1.165) is 54.7 Å². The summed E-state index contributed by atoms with van der Waals surface area (Å²) in [5, 5.41) is 12.0. The largest absolute Gasteiger partial charge is 0.464 e. The second-order valence-corrected chi connectivity index (χ2v) is 6.78. The first-order valence-electron chi connectivity index (χ1n) is 9.25. The minimum Gasteiger partial charge on any atom is -0.464 e. The molecule has 1 amide bonds. The van der Waals surface area contributed by atoms with E-state index in [2.05, 4.69) is 40.9 Å². The van der Waals surface area contributed by atoms with Gasteiger partial charge < -0.3 is 15.1 Å². The van der Waals surface area contributed by atoms with E-state index < -0.39 is 0 Å². The Balaban J connectivity index is 0.00000210. The van der Waals surface area contributed by atoms with Gasteiger partial charge in [-0.25, -0.2) is 0 Å². The van der Waals surface area contributed by atoms with Crippen LogP contribution in [0.1, 0.15) is 35.9 Å². The maximum atomic E-state index is 12.4. The predicted octanol–water partition coefficient (Wildman–Crippen LogP) is 2.97. The molecule has 1 aliphatic rings. The molecule has 0 atom stereocenters. The fourth-order valence-corrected chi connectivity index (χ4v) is 3.42. The Kier molecular flexibility index (Phi) is 6.19. The van der Waals surface area contributed by atoms with Crippen LogP contribution < -0.4 is 10.6 Å². The van der Waals surface area contributed by atoms with Gasteiger partial charge in [-0.15, -0.1) is 12.4 Å². The number of carbonyl (C=O) groups is 1. The molecule has 0 bridgehead atoms. The van der Waals surface area contributed by atoms with Gasteiger partial charge in [0.1, 0.15) is 5.58 Å². The summed E-state index contributed by atoms with van der Waals surface area (Å²) in [4.78, 5) is 12.4. The molecule has 1 aliphatic heterocycles. The van der Waals surface area contributed by atoms with Crippen LogP contribution in [0, 0.1) is 0 Å². The van der Waals surface area contributed by atoms with Crippen molar-refractivity contribution in [1.82, 2.24) is 20.4 Å². The molecule has 0 saturated carbocycles. The Morgan fingerprint density at radius 2 is 2.26 bits per heavy atom. The first-order chi connectivity index (χ1) is 12.7. The molecule has 6 nitrogen and oxygen atoms in total. The molecule has 0 fully saturated rings. The Labute approximate surface area is 164 Å². The van der Waals surface area contributed by atoms with Crippen LogP contribution in [0.15, 0.2) is 34.9 Å². The second-order valence-electron chi connectivity index (χ2n) is 6.78. The normalized spacial score (nSPS) is 13.7. The van der Waals surface area contributed by atoms with E-state index in [1.165, 1.54) is 11.3 Å². The number of carbonyl (C=O) groups excluding carboxylic acids is 1. The zero-order chi connectivity index (χ0) is 17.9. The molecule has 2 aromatic heterocycles. The van der Waals surface area contributed by atoms with Gasteiger partial charge in [-0.2, -0.15) is 5.10 Å². The number of rotatable bonds is 5. The summed E-state index contributed by atoms with van der Waals surface area (Å²) < 4.78 is 7.62. The third-order valence-corrected chi connectivity index (χ3v) is 4.89. The molecule has 3 aromatic rings. The summed E-state index contributed by atoms with van der Waals surface area (Å²) >= 11 is 0. The molecule has 3 heterocycles. The van der Waals surface area contributed by atoms with E-state index >= 15 is 0 Å². The molecule has 0 spiro atoms. The van der Waals surface area contributed by atoms with Crippen LogP contribution in [0.25, 0.3) is 11.0 Å². The highest BCUT2D eigenvalue weighted by atomic mass is 35.5. The van der Waals surface area contributed by atoms with Crippen molar-refractivity contribution in [3.8, 4) is 0 Å². The van der Waals surface area contributed by atoms with E-state index in [4.69, 9.17) is 4.42 Å². The maximum absolute atomic E-state index is 12.4. The van der Waals surface area contributed by atoms with Gasteiger partial charge in [0, 0.05) is 24.0 Å². The minimum absolute atomic E-state index is 0. The van der Waals surface area contributed by atoms with E-state index in [1.54, 1.807) is 6.26 Å². The summed E-state index contributed by atoms with van der Waals surface area (Å²) in [6.07, 6.45) is 4.05. The first-order valence-corrected chi connectivity index (χ1v) is 9.25. The molecular weight excluding hydrogens is 364 g/mol. The van der Waals surface area contributed by atoms with Gasteiger partial charge in [0.25, 0.3) is 0 Å². The molecule has 4 rings (SSSR count). The van der Waals surface area contributed by atoms with Crippen molar-refractivity contribution in [2.45, 2.75) is 45.8 Å². The predicted molar refractivity (Wildman–Crippen MR) is 107 cm³/mol. The molecule has 0 unspecified atom stereocenters. The topological polar surface area (TPSA) is 72.1 Å². The van der Waals surface area contributed by atoms with Gasteiger partial charge >= 0.3 is 0 Å². The highest BCUT2D eigenvalue weighted by Gasteiger charge is 2.13. The number of amides is 1. The standard InChI is InChI=1S/C20H24N4O2.ClH/c1-2-14-4-5-19-18(8-14)15(13-26-19)9-20(25)22-11-16-10-17-12-21-6-3-7-24(17)23-16;/h4-5,8,10,13,21H,2-3,6-7,9,11-12H2,1H3,(H,22,25);1H. The van der Waals surface area contributed by atoms with Crippen molar-refractivity contribution in [3.05, 3.63) is 53.0 Å². The van der Waals surface area contributed by atoms with Crippen LogP contribution in [0.4, 0.5) is 0 Å². The molecule has 0 aliphatic carbocycles. The average molecular weight is 389 g/mol. The zero-order valence-corrected chi connectivity index (χ0v) is 16.3. The average Bonchev–Trinajstić information content (AvgIpc) is 3.17. The van der Waals surface area contributed by atoms with Gasteiger partial charge in [-0.1, -0.05) is 13.0 Å². The Morgan fingerprint density at radius 1 is 1.37 bits per heavy atom. The van der Waals surface area contributed by atoms with Crippen LogP contribution >= 0.6 is 12.4 Å². The van der Waals surface area contributed by atoms with Crippen molar-refractivity contribution in [2.75, 3.05) is 6.54 Å². The van der Waals surface area contributed by atoms with Crippen molar-refractivity contribution in [3.63, 3.8) is 0 Å². The van der Waals surface area contributed by atoms with E-state index in [1.807, 2.05) is 10.7 Å². The molecule has 1 aromatic carbocycles. The molecule has 0 saturated heterocycles. The second kappa shape index (κ2) is 8.59. The highest BCUT2D eigenvalue weighted by Crippen LogP contribution is 2.23. The van der Waals surface area contributed by atoms with E-state index in [0.29, 0.717) is 13.0 Å². The number of fused-ring (bicyclic) bond motifs is 2. The number of furan rings is 1. The number of benzene rings is 1. The Bertz CT molecular complexity index is 908. The van der Waals surface area contributed by atoms with Crippen molar-refractivity contribution >= 4 is 29.3 Å². The molecule has 2 N–H and O–H groups in total. The Morgan fingerprint density at radius 3 is 3.11 bits per heavy atom. The van der Waals surface area contributed by atoms with Crippen molar-refractivity contribution < 1.29 is 9.21 Å². The monoisotopic (exact) mass is 388 g/mol. The lowest BCUT2D eigenvalue weighted by Gasteiger charge is -2.03. The summed E-state index contributed by atoms with van der Waals surface area (Å²) in [7, 11) is 0. The summed E-state index contributed by atoms with van der Waals surface area (Å²) in [5.41, 5.74) is 5.09. The van der Waals surface area contributed by atoms with Crippen molar-refractivity contribution in [2.24, 2.45) is 0 Å². The smallest absolute Gasteiger partial charge is 0.224 e. The van der Waals surface area contributed by atoms with Crippen LogP contribution in [0.2, 0.25) is 0 Å². The lowest BCUT2D eigenvalue weighted by atomic mass is 10.1. The van der Waals surface area contributed by atoms with Gasteiger partial charge in [-0.05, 0) is 43.1 Å². The van der Waals surface area contributed by atoms with Crippen LogP contribution in [-0.2, 0) is 37.3 Å². The van der Waals surface area contributed by atoms with Crippen LogP contribution in [0.3, 0.4) is 0 Å². The van der Waals surface area contributed by atoms with E-state index in [9.17, 15) is 4.79 Å². The molecular formula is C20H25ClN4O2. The van der Waals surface area contributed by atoms with Crippen LogP contribution in [-0.4, -0.2) is 22.2 Å². The SMILES string of the molecule is CCc1ccc2occ(CC(=O)NCc3cc4n(n3)CCCNC4)c2c1.Cl. The first kappa shape index (κ1) is 19.5. The Hall–Kier alpha value is -2.31. The van der Waals surface area contributed by atoms with Gasteiger partial charge in [0.15, 0.2) is 0 Å². The molecule has 7 heteroatoms. The number of halogens is 1. The summed E-state index contributed by atoms with van der Waals surface area (Å²) in [6, 6.07) is 8.22. The van der Waals surface area contributed by atoms with Gasteiger partial charge in [0.05, 0.1) is 30.6 Å². The quantitative estimate of drug-likeness (QED) is 0.704. The van der Waals surface area contributed by atoms with E-state index in [-0.39, 0.29) is 18.3 Å². The third kappa shape index (κ3) is 4.34. The number of nitrogens with one attached hydrogen (secondary N) is 2. The van der Waals surface area contributed by atoms with Gasteiger partial charge in [-0.3, -0.25) is 9.48 Å². The number of aromatic nitrogens is 2. The van der Waals surface area contributed by atoms with Crippen molar-refractivity contribution in [1.29, 1.82) is 0 Å².